The van der Waals surface area contributed by atoms with Crippen molar-refractivity contribution in [3.8, 4) is 0 Å². The summed E-state index contributed by atoms with van der Waals surface area (Å²) in [5.74, 6) is 1.47. The highest BCUT2D eigenvalue weighted by Gasteiger charge is 2.19. The van der Waals surface area contributed by atoms with Gasteiger partial charge in [0.15, 0.2) is 5.76 Å². The molecule has 4 rings (SSSR count). The molecule has 0 spiro atoms. The van der Waals surface area contributed by atoms with E-state index in [4.69, 9.17) is 25.2 Å². The number of morpholine rings is 1. The van der Waals surface area contributed by atoms with Crippen LogP contribution in [0.3, 0.4) is 0 Å². The van der Waals surface area contributed by atoms with Crippen molar-refractivity contribution in [2.24, 2.45) is 0 Å². The van der Waals surface area contributed by atoms with E-state index >= 15 is 0 Å². The van der Waals surface area contributed by atoms with E-state index in [9.17, 15) is 4.79 Å². The number of benzene rings is 1. The van der Waals surface area contributed by atoms with Crippen LogP contribution in [0.1, 0.15) is 35.0 Å². The van der Waals surface area contributed by atoms with Crippen molar-refractivity contribution in [2.45, 2.75) is 19.5 Å². The number of furan rings is 2. The normalized spacial score (nSPS) is 16.5. The molecule has 1 N–H and O–H groups in total. The monoisotopic (exact) mass is 388 g/mol. The second-order valence-corrected chi connectivity index (χ2v) is 7.12. The topological polar surface area (TPSA) is 67.9 Å². The zero-order valence-corrected chi connectivity index (χ0v) is 15.8. The molecule has 2 aromatic heterocycles. The van der Waals surface area contributed by atoms with Crippen molar-refractivity contribution in [3.05, 3.63) is 58.7 Å². The molecule has 142 valence electrons. The summed E-state index contributed by atoms with van der Waals surface area (Å²) < 4.78 is 16.9. The van der Waals surface area contributed by atoms with Crippen LogP contribution in [0.2, 0.25) is 5.02 Å². The van der Waals surface area contributed by atoms with Crippen molar-refractivity contribution >= 4 is 28.5 Å². The van der Waals surface area contributed by atoms with Crippen LogP contribution < -0.4 is 5.32 Å². The van der Waals surface area contributed by atoms with E-state index in [0.29, 0.717) is 23.1 Å². The summed E-state index contributed by atoms with van der Waals surface area (Å²) >= 11 is 6.01. The largest absolute Gasteiger partial charge is 0.459 e. The number of rotatable bonds is 5. The van der Waals surface area contributed by atoms with Crippen molar-refractivity contribution in [2.75, 3.05) is 26.3 Å². The number of hydrogen-bond acceptors (Lipinski definition) is 5. The molecular formula is C20H21ClN2O4. The van der Waals surface area contributed by atoms with Crippen LogP contribution in [0, 0.1) is 0 Å². The molecule has 1 aromatic carbocycles. The Morgan fingerprint density at radius 3 is 2.81 bits per heavy atom. The van der Waals surface area contributed by atoms with Gasteiger partial charge in [0.1, 0.15) is 17.1 Å². The minimum absolute atomic E-state index is 0.269. The van der Waals surface area contributed by atoms with Crippen LogP contribution in [0.25, 0.3) is 11.0 Å². The third-order valence-electron chi connectivity index (χ3n) is 4.64. The minimum atomic E-state index is -0.295. The van der Waals surface area contributed by atoms with Crippen LogP contribution in [0.15, 0.2) is 45.2 Å². The van der Waals surface area contributed by atoms with Gasteiger partial charge >= 0.3 is 0 Å². The van der Waals surface area contributed by atoms with Gasteiger partial charge in [-0.05, 0) is 43.3 Å². The summed E-state index contributed by atoms with van der Waals surface area (Å²) in [5, 5.41) is 4.47. The summed E-state index contributed by atoms with van der Waals surface area (Å²) in [5.41, 5.74) is 0.737. The third kappa shape index (κ3) is 4.18. The number of halogens is 1. The molecule has 1 atom stereocenters. The maximum Gasteiger partial charge on any atom is 0.287 e. The molecular weight excluding hydrogens is 368 g/mol. The van der Waals surface area contributed by atoms with Crippen LogP contribution in [-0.4, -0.2) is 37.1 Å². The fourth-order valence-electron chi connectivity index (χ4n) is 3.15. The molecule has 1 aliphatic rings. The molecule has 1 saturated heterocycles. The molecule has 7 heteroatoms. The number of carbonyl (C=O) groups excluding carboxylic acids is 1. The van der Waals surface area contributed by atoms with E-state index in [1.165, 1.54) is 0 Å². The lowest BCUT2D eigenvalue weighted by molar-refractivity contribution is 0.0311. The Morgan fingerprint density at radius 1 is 1.19 bits per heavy atom. The quantitative estimate of drug-likeness (QED) is 0.715. The van der Waals surface area contributed by atoms with Crippen molar-refractivity contribution in [1.82, 2.24) is 10.2 Å². The first kappa shape index (κ1) is 18.1. The number of fused-ring (bicyclic) bond motifs is 1. The highest BCUT2D eigenvalue weighted by Crippen LogP contribution is 2.26. The van der Waals surface area contributed by atoms with Gasteiger partial charge in [0.25, 0.3) is 5.91 Å². The Balaban J connectivity index is 1.40. The van der Waals surface area contributed by atoms with Gasteiger partial charge in [-0.1, -0.05) is 11.6 Å². The van der Waals surface area contributed by atoms with E-state index in [0.717, 1.165) is 43.0 Å². The smallest absolute Gasteiger partial charge is 0.287 e. The Labute approximate surface area is 162 Å². The Bertz CT molecular complexity index is 943. The van der Waals surface area contributed by atoms with Gasteiger partial charge in [-0.2, -0.15) is 0 Å². The van der Waals surface area contributed by atoms with Crippen molar-refractivity contribution in [1.29, 1.82) is 0 Å². The molecule has 1 amide bonds. The number of ether oxygens (including phenoxy) is 1. The second-order valence-electron chi connectivity index (χ2n) is 6.68. The van der Waals surface area contributed by atoms with Gasteiger partial charge in [0.05, 0.1) is 25.8 Å². The van der Waals surface area contributed by atoms with Crippen molar-refractivity contribution < 1.29 is 18.4 Å². The number of nitrogens with one attached hydrogen (secondary N) is 1. The molecule has 0 bridgehead atoms. The molecule has 0 unspecified atom stereocenters. The summed E-state index contributed by atoms with van der Waals surface area (Å²) in [6.07, 6.45) is 0. The van der Waals surface area contributed by atoms with Gasteiger partial charge in [0, 0.05) is 23.5 Å². The molecule has 0 aliphatic carbocycles. The lowest BCUT2D eigenvalue weighted by atomic mass is 10.2. The summed E-state index contributed by atoms with van der Waals surface area (Å²) in [6.45, 7) is 5.75. The van der Waals surface area contributed by atoms with E-state index < -0.39 is 0 Å². The Morgan fingerprint density at radius 2 is 2.00 bits per heavy atom. The predicted molar refractivity (Wildman–Crippen MR) is 102 cm³/mol. The highest BCUT2D eigenvalue weighted by atomic mass is 35.5. The number of hydrogen-bond donors (Lipinski definition) is 1. The number of nitrogens with zero attached hydrogens (tertiary/aromatic N) is 1. The molecule has 1 fully saturated rings. The first-order chi connectivity index (χ1) is 13.1. The molecule has 27 heavy (non-hydrogen) atoms. The summed E-state index contributed by atoms with van der Waals surface area (Å²) in [7, 11) is 0. The van der Waals surface area contributed by atoms with E-state index in [1.54, 1.807) is 12.1 Å². The molecule has 0 saturated carbocycles. The number of amides is 1. The van der Waals surface area contributed by atoms with Gasteiger partial charge in [-0.25, -0.2) is 0 Å². The van der Waals surface area contributed by atoms with Gasteiger partial charge in [-0.15, -0.1) is 0 Å². The van der Waals surface area contributed by atoms with Crippen LogP contribution in [-0.2, 0) is 11.3 Å². The Kier molecular flexibility index (Phi) is 5.20. The molecule has 0 radical (unpaired) electrons. The summed E-state index contributed by atoms with van der Waals surface area (Å²) in [4.78, 5) is 14.7. The standard InChI is InChI=1S/C20H21ClN2O4/c1-13(19-11-14-10-15(21)2-4-17(14)27-19)22-20(24)18-5-3-16(26-18)12-23-6-8-25-9-7-23/h2-5,10-11,13H,6-9,12H2,1H3,(H,22,24)/t13-/m0/s1. The summed E-state index contributed by atoms with van der Waals surface area (Å²) in [6, 6.07) is 10.6. The van der Waals surface area contributed by atoms with Gasteiger partial charge in [-0.3, -0.25) is 9.69 Å². The minimum Gasteiger partial charge on any atom is -0.459 e. The van der Waals surface area contributed by atoms with E-state index in [-0.39, 0.29) is 11.9 Å². The molecule has 3 heterocycles. The van der Waals surface area contributed by atoms with Gasteiger partial charge in [0.2, 0.25) is 0 Å². The molecule has 1 aliphatic heterocycles. The maximum absolute atomic E-state index is 12.5. The first-order valence-corrected chi connectivity index (χ1v) is 9.35. The SMILES string of the molecule is C[C@H](NC(=O)c1ccc(CN2CCOCC2)o1)c1cc2cc(Cl)ccc2o1. The van der Waals surface area contributed by atoms with Crippen LogP contribution in [0.4, 0.5) is 0 Å². The van der Waals surface area contributed by atoms with E-state index in [1.807, 2.05) is 31.2 Å². The molecule has 6 nitrogen and oxygen atoms in total. The lowest BCUT2D eigenvalue weighted by Gasteiger charge is -2.25. The fraction of sp³-hybridized carbons (Fsp3) is 0.350. The third-order valence-corrected chi connectivity index (χ3v) is 4.88. The van der Waals surface area contributed by atoms with Crippen LogP contribution >= 0.6 is 11.6 Å². The number of carbonyl (C=O) groups is 1. The molecule has 3 aromatic rings. The lowest BCUT2D eigenvalue weighted by Crippen LogP contribution is -2.35. The van der Waals surface area contributed by atoms with Gasteiger partial charge < -0.3 is 18.9 Å². The average molecular weight is 389 g/mol. The fourth-order valence-corrected chi connectivity index (χ4v) is 3.33. The first-order valence-electron chi connectivity index (χ1n) is 8.97. The zero-order chi connectivity index (χ0) is 18.8. The predicted octanol–water partition coefficient (Wildman–Crippen LogP) is 4.00. The van der Waals surface area contributed by atoms with E-state index in [2.05, 4.69) is 10.2 Å². The van der Waals surface area contributed by atoms with Crippen molar-refractivity contribution in [3.63, 3.8) is 0 Å². The maximum atomic E-state index is 12.5. The highest BCUT2D eigenvalue weighted by molar-refractivity contribution is 6.31. The Hall–Kier alpha value is -2.28. The average Bonchev–Trinajstić information content (AvgIpc) is 3.29. The van der Waals surface area contributed by atoms with Crippen LogP contribution in [0.5, 0.6) is 0 Å². The zero-order valence-electron chi connectivity index (χ0n) is 15.0. The second kappa shape index (κ2) is 7.76.